The van der Waals surface area contributed by atoms with Gasteiger partial charge in [0.1, 0.15) is 5.82 Å². The number of fused-ring (bicyclic) bond motifs is 3. The van der Waals surface area contributed by atoms with E-state index in [1.54, 1.807) is 12.1 Å². The summed E-state index contributed by atoms with van der Waals surface area (Å²) in [5, 5.41) is 15.3. The molecule has 0 aliphatic carbocycles. The average Bonchev–Trinajstić information content (AvgIpc) is 2.85. The second-order valence-corrected chi connectivity index (χ2v) is 6.18. The van der Waals surface area contributed by atoms with Gasteiger partial charge in [0.15, 0.2) is 0 Å². The molecule has 6 heteroatoms. The Morgan fingerprint density at radius 2 is 2.05 bits per heavy atom. The Kier molecular flexibility index (Phi) is 3.18. The molecule has 2 saturated heterocycles. The van der Waals surface area contributed by atoms with Gasteiger partial charge in [-0.1, -0.05) is 0 Å². The minimum absolute atomic E-state index is 0.110. The van der Waals surface area contributed by atoms with E-state index in [1.165, 1.54) is 18.9 Å². The molecule has 1 N–H and O–H groups in total. The second kappa shape index (κ2) is 5.21. The molecule has 3 heterocycles. The Balaban J connectivity index is 1.64. The van der Waals surface area contributed by atoms with E-state index in [0.717, 1.165) is 36.2 Å². The van der Waals surface area contributed by atoms with E-state index >= 15 is 0 Å². The lowest BCUT2D eigenvalue weighted by atomic mass is 10.1. The predicted octanol–water partition coefficient (Wildman–Crippen LogP) is 2.47. The molecule has 1 aromatic carbocycles. The van der Waals surface area contributed by atoms with Crippen LogP contribution in [0, 0.1) is 10.1 Å². The highest BCUT2D eigenvalue weighted by Gasteiger charge is 2.29. The van der Waals surface area contributed by atoms with E-state index in [-0.39, 0.29) is 10.6 Å². The molecule has 4 rings (SSSR count). The van der Waals surface area contributed by atoms with Gasteiger partial charge in [0.25, 0.3) is 5.69 Å². The number of pyridine rings is 1. The van der Waals surface area contributed by atoms with Crippen molar-refractivity contribution >= 4 is 22.4 Å². The smallest absolute Gasteiger partial charge is 0.270 e. The van der Waals surface area contributed by atoms with Gasteiger partial charge in [0.05, 0.1) is 10.4 Å². The molecule has 2 aliphatic heterocycles. The molecule has 0 saturated carbocycles. The van der Waals surface area contributed by atoms with E-state index in [2.05, 4.69) is 10.2 Å². The van der Waals surface area contributed by atoms with Crippen LogP contribution in [0.4, 0.5) is 11.5 Å². The summed E-state index contributed by atoms with van der Waals surface area (Å²) in [6, 6.07) is 9.95. The fraction of sp³-hybridized carbons (Fsp3) is 0.438. The fourth-order valence-corrected chi connectivity index (χ4v) is 3.54. The maximum Gasteiger partial charge on any atom is 0.270 e. The van der Waals surface area contributed by atoms with E-state index in [0.29, 0.717) is 12.1 Å². The predicted molar refractivity (Wildman–Crippen MR) is 85.2 cm³/mol. The maximum absolute atomic E-state index is 10.8. The van der Waals surface area contributed by atoms with E-state index in [4.69, 9.17) is 4.98 Å². The van der Waals surface area contributed by atoms with Gasteiger partial charge in [-0.3, -0.25) is 10.1 Å². The topological polar surface area (TPSA) is 71.3 Å². The minimum Gasteiger partial charge on any atom is -0.355 e. The van der Waals surface area contributed by atoms with Gasteiger partial charge < -0.3 is 10.2 Å². The van der Waals surface area contributed by atoms with Crippen molar-refractivity contribution in [1.29, 1.82) is 0 Å². The van der Waals surface area contributed by atoms with Crippen molar-refractivity contribution in [1.82, 2.24) is 10.3 Å². The lowest BCUT2D eigenvalue weighted by molar-refractivity contribution is -0.384. The van der Waals surface area contributed by atoms with Gasteiger partial charge in [-0.15, -0.1) is 0 Å². The van der Waals surface area contributed by atoms with Gasteiger partial charge in [-0.05, 0) is 37.5 Å². The number of nitro groups is 1. The van der Waals surface area contributed by atoms with Crippen LogP contribution in [0.3, 0.4) is 0 Å². The summed E-state index contributed by atoms with van der Waals surface area (Å²) >= 11 is 0. The summed E-state index contributed by atoms with van der Waals surface area (Å²) in [6.45, 7) is 2.00. The van der Waals surface area contributed by atoms with Crippen molar-refractivity contribution in [3.8, 4) is 0 Å². The lowest BCUT2D eigenvalue weighted by Crippen LogP contribution is -2.35. The van der Waals surface area contributed by atoms with Gasteiger partial charge >= 0.3 is 0 Å². The lowest BCUT2D eigenvalue weighted by Gasteiger charge is -2.25. The standard InChI is InChI=1S/C16H18N4O2/c21-20(22)14-4-5-15-11(9-14)1-6-16(18-15)19-8-7-12-2-3-13(10-19)17-12/h1,4-6,9,12-13,17H,2-3,7-8,10H2. The van der Waals surface area contributed by atoms with Crippen LogP contribution in [0.2, 0.25) is 0 Å². The monoisotopic (exact) mass is 298 g/mol. The number of nitrogens with zero attached hydrogens (tertiary/aromatic N) is 3. The highest BCUT2D eigenvalue weighted by molar-refractivity contribution is 5.82. The molecule has 114 valence electrons. The number of hydrogen-bond donors (Lipinski definition) is 1. The summed E-state index contributed by atoms with van der Waals surface area (Å²) in [5.74, 6) is 0.968. The molecule has 2 fully saturated rings. The van der Waals surface area contributed by atoms with Crippen molar-refractivity contribution in [3.63, 3.8) is 0 Å². The van der Waals surface area contributed by atoms with Crippen molar-refractivity contribution in [2.45, 2.75) is 31.3 Å². The molecule has 2 atom stereocenters. The Labute approximate surface area is 128 Å². The first-order valence-corrected chi connectivity index (χ1v) is 7.75. The molecule has 2 aromatic rings. The Hall–Kier alpha value is -2.21. The number of anilines is 1. The van der Waals surface area contributed by atoms with Crippen LogP contribution in [0.5, 0.6) is 0 Å². The van der Waals surface area contributed by atoms with E-state index in [1.807, 2.05) is 12.1 Å². The third kappa shape index (κ3) is 2.39. The quantitative estimate of drug-likeness (QED) is 0.681. The third-order valence-electron chi connectivity index (χ3n) is 4.72. The van der Waals surface area contributed by atoms with Crippen LogP contribution in [0.25, 0.3) is 10.9 Å². The molecule has 6 nitrogen and oxygen atoms in total. The van der Waals surface area contributed by atoms with Crippen LogP contribution < -0.4 is 10.2 Å². The van der Waals surface area contributed by atoms with Crippen molar-refractivity contribution in [3.05, 3.63) is 40.4 Å². The Morgan fingerprint density at radius 3 is 2.91 bits per heavy atom. The molecule has 0 radical (unpaired) electrons. The number of aromatic nitrogens is 1. The van der Waals surface area contributed by atoms with Crippen LogP contribution in [-0.4, -0.2) is 35.1 Å². The molecule has 0 spiro atoms. The first-order valence-electron chi connectivity index (χ1n) is 7.75. The van der Waals surface area contributed by atoms with Crippen molar-refractivity contribution < 1.29 is 4.92 Å². The summed E-state index contributed by atoms with van der Waals surface area (Å²) in [6.07, 6.45) is 3.67. The number of hydrogen-bond acceptors (Lipinski definition) is 5. The minimum atomic E-state index is -0.370. The molecular formula is C16H18N4O2. The first kappa shape index (κ1) is 13.5. The van der Waals surface area contributed by atoms with Crippen LogP contribution in [-0.2, 0) is 0 Å². The number of benzene rings is 1. The summed E-state index contributed by atoms with van der Waals surface area (Å²) < 4.78 is 0. The molecule has 2 unspecified atom stereocenters. The number of non-ortho nitro benzene ring substituents is 1. The summed E-state index contributed by atoms with van der Waals surface area (Å²) in [4.78, 5) is 17.5. The zero-order valence-electron chi connectivity index (χ0n) is 12.2. The average molecular weight is 298 g/mol. The molecule has 2 bridgehead atoms. The molecule has 22 heavy (non-hydrogen) atoms. The zero-order chi connectivity index (χ0) is 15.1. The third-order valence-corrected chi connectivity index (χ3v) is 4.72. The highest BCUT2D eigenvalue weighted by Crippen LogP contribution is 2.26. The Morgan fingerprint density at radius 1 is 1.18 bits per heavy atom. The van der Waals surface area contributed by atoms with Gasteiger partial charge in [-0.25, -0.2) is 4.98 Å². The molecule has 0 amide bonds. The zero-order valence-corrected chi connectivity index (χ0v) is 12.2. The SMILES string of the molecule is O=[N+]([O-])c1ccc2nc(N3CCC4CCC(C3)N4)ccc2c1. The molecule has 2 aliphatic rings. The summed E-state index contributed by atoms with van der Waals surface area (Å²) in [5.41, 5.74) is 0.920. The van der Waals surface area contributed by atoms with Crippen LogP contribution >= 0.6 is 0 Å². The second-order valence-electron chi connectivity index (χ2n) is 6.18. The van der Waals surface area contributed by atoms with Gasteiger partial charge in [0, 0.05) is 42.7 Å². The molecular weight excluding hydrogens is 280 g/mol. The van der Waals surface area contributed by atoms with Crippen molar-refractivity contribution in [2.75, 3.05) is 18.0 Å². The van der Waals surface area contributed by atoms with Crippen molar-refractivity contribution in [2.24, 2.45) is 0 Å². The van der Waals surface area contributed by atoms with Crippen LogP contribution in [0.15, 0.2) is 30.3 Å². The van der Waals surface area contributed by atoms with Crippen LogP contribution in [0.1, 0.15) is 19.3 Å². The largest absolute Gasteiger partial charge is 0.355 e. The summed E-state index contributed by atoms with van der Waals surface area (Å²) in [7, 11) is 0. The number of nitrogens with one attached hydrogen (secondary N) is 1. The van der Waals surface area contributed by atoms with E-state index < -0.39 is 0 Å². The molecule has 1 aromatic heterocycles. The highest BCUT2D eigenvalue weighted by atomic mass is 16.6. The van der Waals surface area contributed by atoms with Gasteiger partial charge in [0.2, 0.25) is 0 Å². The normalized spacial score (nSPS) is 24.5. The maximum atomic E-state index is 10.8. The Bertz CT molecular complexity index is 733. The van der Waals surface area contributed by atoms with E-state index in [9.17, 15) is 10.1 Å². The number of rotatable bonds is 2. The number of nitro benzene ring substituents is 1. The first-order chi connectivity index (χ1) is 10.7. The van der Waals surface area contributed by atoms with Gasteiger partial charge in [-0.2, -0.15) is 0 Å². The fourth-order valence-electron chi connectivity index (χ4n) is 3.54.